The lowest BCUT2D eigenvalue weighted by atomic mass is 9.82. The van der Waals surface area contributed by atoms with E-state index >= 15 is 0 Å². The van der Waals surface area contributed by atoms with E-state index in [1.165, 1.54) is 0 Å². The molecule has 0 spiro atoms. The largest absolute Gasteiger partial charge is 0.348 e. The molecule has 0 unspecified atom stereocenters. The molecule has 0 aliphatic heterocycles. The molecule has 0 aliphatic carbocycles. The molecule has 0 radical (unpaired) electrons. The van der Waals surface area contributed by atoms with E-state index in [1.807, 2.05) is 13.8 Å². The van der Waals surface area contributed by atoms with Gasteiger partial charge in [-0.3, -0.25) is 14.0 Å². The molecular formula is C16H22FNO2. The van der Waals surface area contributed by atoms with Crippen molar-refractivity contribution in [2.75, 3.05) is 20.8 Å². The standard InChI is InChI=1S/C16H22FNO2/c1-16(2,15(20)18(3)4)13-9-7-12(8-10-13)14(19)6-5-11-17/h7-10H,5-6,11H2,1-4H3. The second kappa shape index (κ2) is 6.64. The fourth-order valence-corrected chi connectivity index (χ4v) is 2.13. The maximum Gasteiger partial charge on any atom is 0.232 e. The molecule has 0 saturated carbocycles. The van der Waals surface area contributed by atoms with Gasteiger partial charge in [-0.15, -0.1) is 0 Å². The molecule has 0 fully saturated rings. The number of alkyl halides is 1. The number of Topliss-reactive ketones (excluding diaryl/α,β-unsaturated/α-hetero) is 1. The third-order valence-corrected chi connectivity index (χ3v) is 3.41. The van der Waals surface area contributed by atoms with Gasteiger partial charge in [-0.25, -0.2) is 0 Å². The number of carbonyl (C=O) groups is 2. The van der Waals surface area contributed by atoms with Gasteiger partial charge in [-0.2, -0.15) is 0 Å². The molecule has 1 aromatic carbocycles. The van der Waals surface area contributed by atoms with Crippen LogP contribution in [0.5, 0.6) is 0 Å². The topological polar surface area (TPSA) is 37.4 Å². The summed E-state index contributed by atoms with van der Waals surface area (Å²) in [6.45, 7) is 3.23. The van der Waals surface area contributed by atoms with Crippen LogP contribution >= 0.6 is 0 Å². The number of halogens is 1. The predicted molar refractivity (Wildman–Crippen MR) is 77.7 cm³/mol. The average molecular weight is 279 g/mol. The van der Waals surface area contributed by atoms with Gasteiger partial charge in [0.1, 0.15) is 0 Å². The van der Waals surface area contributed by atoms with Gasteiger partial charge in [-0.1, -0.05) is 24.3 Å². The minimum absolute atomic E-state index is 0.00834. The fraction of sp³-hybridized carbons (Fsp3) is 0.500. The molecule has 1 rings (SSSR count). The third kappa shape index (κ3) is 3.65. The summed E-state index contributed by atoms with van der Waals surface area (Å²) < 4.78 is 12.1. The highest BCUT2D eigenvalue weighted by atomic mass is 19.1. The second-order valence-electron chi connectivity index (χ2n) is 5.62. The third-order valence-electron chi connectivity index (χ3n) is 3.41. The summed E-state index contributed by atoms with van der Waals surface area (Å²) in [4.78, 5) is 25.5. The molecule has 4 heteroatoms. The van der Waals surface area contributed by atoms with Gasteiger partial charge in [0.2, 0.25) is 5.91 Å². The van der Waals surface area contributed by atoms with Gasteiger partial charge in [0, 0.05) is 26.1 Å². The minimum Gasteiger partial charge on any atom is -0.348 e. The summed E-state index contributed by atoms with van der Waals surface area (Å²) in [6.07, 6.45) is 0.473. The lowest BCUT2D eigenvalue weighted by Crippen LogP contribution is -2.39. The Morgan fingerprint density at radius 1 is 1.15 bits per heavy atom. The average Bonchev–Trinajstić information content (AvgIpc) is 2.43. The van der Waals surface area contributed by atoms with E-state index in [4.69, 9.17) is 0 Å². The van der Waals surface area contributed by atoms with Gasteiger partial charge < -0.3 is 4.90 Å². The monoisotopic (exact) mass is 279 g/mol. The summed E-state index contributed by atoms with van der Waals surface area (Å²) in [7, 11) is 3.44. The van der Waals surface area contributed by atoms with E-state index in [9.17, 15) is 14.0 Å². The molecular weight excluding hydrogens is 257 g/mol. The van der Waals surface area contributed by atoms with Crippen LogP contribution in [0.15, 0.2) is 24.3 Å². The van der Waals surface area contributed by atoms with Crippen LogP contribution in [-0.2, 0) is 10.2 Å². The summed E-state index contributed by atoms with van der Waals surface area (Å²) >= 11 is 0. The lowest BCUT2D eigenvalue weighted by molar-refractivity contribution is -0.133. The van der Waals surface area contributed by atoms with E-state index in [0.717, 1.165) is 5.56 Å². The quantitative estimate of drug-likeness (QED) is 0.751. The number of carbonyl (C=O) groups excluding carboxylic acids is 2. The summed E-state index contributed by atoms with van der Waals surface area (Å²) in [6, 6.07) is 7.01. The summed E-state index contributed by atoms with van der Waals surface area (Å²) in [5, 5.41) is 0. The number of benzene rings is 1. The predicted octanol–water partition coefficient (Wildman–Crippen LogP) is 2.98. The van der Waals surface area contributed by atoms with Crippen molar-refractivity contribution < 1.29 is 14.0 Å². The van der Waals surface area contributed by atoms with Crippen molar-refractivity contribution in [3.63, 3.8) is 0 Å². The zero-order valence-electron chi connectivity index (χ0n) is 12.6. The Hall–Kier alpha value is -1.71. The van der Waals surface area contributed by atoms with Crippen LogP contribution in [0.3, 0.4) is 0 Å². The normalized spacial score (nSPS) is 11.2. The van der Waals surface area contributed by atoms with Gasteiger partial charge >= 0.3 is 0 Å². The van der Waals surface area contributed by atoms with Crippen molar-refractivity contribution in [2.24, 2.45) is 0 Å². The Morgan fingerprint density at radius 3 is 2.15 bits per heavy atom. The van der Waals surface area contributed by atoms with E-state index in [-0.39, 0.29) is 24.5 Å². The molecule has 110 valence electrons. The van der Waals surface area contributed by atoms with Crippen LogP contribution in [0, 0.1) is 0 Å². The first kappa shape index (κ1) is 16.3. The Morgan fingerprint density at radius 2 is 1.70 bits per heavy atom. The molecule has 3 nitrogen and oxygen atoms in total. The van der Waals surface area contributed by atoms with Crippen molar-refractivity contribution in [3.8, 4) is 0 Å². The highest BCUT2D eigenvalue weighted by molar-refractivity contribution is 5.96. The molecule has 0 N–H and O–H groups in total. The molecule has 0 atom stereocenters. The van der Waals surface area contributed by atoms with Crippen molar-refractivity contribution >= 4 is 11.7 Å². The summed E-state index contributed by atoms with van der Waals surface area (Å²) in [5.74, 6) is -0.0556. The number of hydrogen-bond acceptors (Lipinski definition) is 2. The smallest absolute Gasteiger partial charge is 0.232 e. The number of nitrogens with zero attached hydrogens (tertiary/aromatic N) is 1. The number of ketones is 1. The first-order valence-electron chi connectivity index (χ1n) is 6.72. The van der Waals surface area contributed by atoms with E-state index in [0.29, 0.717) is 5.56 Å². The van der Waals surface area contributed by atoms with Crippen molar-refractivity contribution in [2.45, 2.75) is 32.1 Å². The molecule has 0 aromatic heterocycles. The van der Waals surface area contributed by atoms with Crippen LogP contribution < -0.4 is 0 Å². The number of hydrogen-bond donors (Lipinski definition) is 0. The fourth-order valence-electron chi connectivity index (χ4n) is 2.13. The SMILES string of the molecule is CN(C)C(=O)C(C)(C)c1ccc(C(=O)CCCF)cc1. The Labute approximate surface area is 119 Å². The maximum atomic E-state index is 12.1. The lowest BCUT2D eigenvalue weighted by Gasteiger charge is -2.27. The second-order valence-corrected chi connectivity index (χ2v) is 5.62. The first-order chi connectivity index (χ1) is 9.30. The molecule has 0 heterocycles. The molecule has 0 aliphatic rings. The Bertz CT molecular complexity index is 478. The number of amides is 1. The van der Waals surface area contributed by atoms with Gasteiger partial charge in [0.25, 0.3) is 0 Å². The van der Waals surface area contributed by atoms with Gasteiger partial charge in [0.15, 0.2) is 5.78 Å². The van der Waals surface area contributed by atoms with Crippen molar-refractivity contribution in [1.82, 2.24) is 4.90 Å². The Balaban J connectivity index is 2.91. The maximum absolute atomic E-state index is 12.1. The molecule has 20 heavy (non-hydrogen) atoms. The zero-order valence-corrected chi connectivity index (χ0v) is 12.6. The highest BCUT2D eigenvalue weighted by Gasteiger charge is 2.31. The van der Waals surface area contributed by atoms with E-state index in [2.05, 4.69) is 0 Å². The number of likely N-dealkylation sites (N-methyl/N-ethyl adjacent to an activating group) is 1. The number of rotatable bonds is 6. The van der Waals surface area contributed by atoms with E-state index in [1.54, 1.807) is 43.3 Å². The van der Waals surface area contributed by atoms with Crippen LogP contribution in [0.1, 0.15) is 42.6 Å². The zero-order chi connectivity index (χ0) is 15.3. The van der Waals surface area contributed by atoms with Gasteiger partial charge in [-0.05, 0) is 25.8 Å². The van der Waals surface area contributed by atoms with Crippen molar-refractivity contribution in [3.05, 3.63) is 35.4 Å². The molecule has 0 saturated heterocycles. The first-order valence-corrected chi connectivity index (χ1v) is 6.72. The van der Waals surface area contributed by atoms with Crippen LogP contribution in [0.2, 0.25) is 0 Å². The van der Waals surface area contributed by atoms with Crippen LogP contribution in [0.4, 0.5) is 4.39 Å². The summed E-state index contributed by atoms with van der Waals surface area (Å²) in [5.41, 5.74) is 0.790. The molecule has 0 bridgehead atoms. The van der Waals surface area contributed by atoms with E-state index < -0.39 is 12.1 Å². The van der Waals surface area contributed by atoms with Crippen LogP contribution in [0.25, 0.3) is 0 Å². The van der Waals surface area contributed by atoms with Crippen molar-refractivity contribution in [1.29, 1.82) is 0 Å². The minimum atomic E-state index is -0.635. The van der Waals surface area contributed by atoms with Gasteiger partial charge in [0.05, 0.1) is 12.1 Å². The molecule has 1 aromatic rings. The molecule has 1 amide bonds. The van der Waals surface area contributed by atoms with Crippen LogP contribution in [-0.4, -0.2) is 37.4 Å². The highest BCUT2D eigenvalue weighted by Crippen LogP contribution is 2.25. The Kier molecular flexibility index (Phi) is 5.43.